The number of ether oxygens (including phenoxy) is 3. The van der Waals surface area contributed by atoms with Gasteiger partial charge in [-0.2, -0.15) is 0 Å². The van der Waals surface area contributed by atoms with Crippen LogP contribution in [0.2, 0.25) is 0 Å². The van der Waals surface area contributed by atoms with Crippen LogP contribution in [0.1, 0.15) is 12.0 Å². The van der Waals surface area contributed by atoms with Crippen LogP contribution in [0.5, 0.6) is 11.5 Å². The van der Waals surface area contributed by atoms with Crippen LogP contribution < -0.4 is 9.47 Å². The van der Waals surface area contributed by atoms with Crippen molar-refractivity contribution in [2.24, 2.45) is 0 Å². The van der Waals surface area contributed by atoms with Crippen LogP contribution in [0.25, 0.3) is 0 Å². The predicted molar refractivity (Wildman–Crippen MR) is 90.8 cm³/mol. The van der Waals surface area contributed by atoms with Gasteiger partial charge in [-0.1, -0.05) is 0 Å². The number of hydrogen-bond donors (Lipinski definition) is 0. The Hall–Kier alpha value is -3.00. The highest BCUT2D eigenvalue weighted by Crippen LogP contribution is 2.25. The molecule has 138 valence electrons. The number of hydrogen-bond acceptors (Lipinski definition) is 6. The van der Waals surface area contributed by atoms with E-state index in [9.17, 15) is 19.3 Å². The topological polar surface area (TPSA) is 87.9 Å². The van der Waals surface area contributed by atoms with Gasteiger partial charge in [0.2, 0.25) is 0 Å². The van der Waals surface area contributed by atoms with Crippen LogP contribution in [-0.2, 0) is 16.0 Å². The molecular formula is C18H18FNO6. The van der Waals surface area contributed by atoms with E-state index in [0.717, 1.165) is 0 Å². The standard InChI is InChI=1S/C18H18FNO6/c1-24-10-11-25-16-7-8-17(20(22)23)13(12-16)2-9-18(21)26-15-5-3-14(19)4-6-15/h3-8,12H,2,9-11H2,1H3. The van der Waals surface area contributed by atoms with Crippen molar-refractivity contribution in [1.29, 1.82) is 0 Å². The molecule has 0 unspecified atom stereocenters. The van der Waals surface area contributed by atoms with E-state index in [1.807, 2.05) is 0 Å². The smallest absolute Gasteiger partial charge is 0.311 e. The number of nitrogens with zero attached hydrogens (tertiary/aromatic N) is 1. The SMILES string of the molecule is COCCOc1ccc([N+](=O)[O-])c(CCC(=O)Oc2ccc(F)cc2)c1. The zero-order valence-electron chi connectivity index (χ0n) is 14.1. The Balaban J connectivity index is 2.01. The molecule has 0 fully saturated rings. The highest BCUT2D eigenvalue weighted by atomic mass is 19.1. The molecule has 0 aliphatic carbocycles. The van der Waals surface area contributed by atoms with E-state index in [-0.39, 0.29) is 24.3 Å². The van der Waals surface area contributed by atoms with Crippen LogP contribution in [0.15, 0.2) is 42.5 Å². The summed E-state index contributed by atoms with van der Waals surface area (Å²) in [6, 6.07) is 9.37. The molecule has 0 bridgehead atoms. The summed E-state index contributed by atoms with van der Waals surface area (Å²) in [5.41, 5.74) is 0.264. The molecule has 0 radical (unpaired) electrons. The summed E-state index contributed by atoms with van der Waals surface area (Å²) in [5.74, 6) is -0.348. The van der Waals surface area contributed by atoms with Gasteiger partial charge in [0.15, 0.2) is 0 Å². The number of aryl methyl sites for hydroxylation is 1. The average molecular weight is 363 g/mol. The first-order chi connectivity index (χ1) is 12.5. The molecule has 0 aliphatic rings. The number of nitro groups is 1. The third-order valence-corrected chi connectivity index (χ3v) is 3.45. The van der Waals surface area contributed by atoms with Gasteiger partial charge in [-0.25, -0.2) is 4.39 Å². The first kappa shape index (κ1) is 19.3. The molecule has 7 nitrogen and oxygen atoms in total. The van der Waals surface area contributed by atoms with Crippen molar-refractivity contribution in [3.63, 3.8) is 0 Å². The number of nitro benzene ring substituents is 1. The lowest BCUT2D eigenvalue weighted by Crippen LogP contribution is -2.10. The Morgan fingerprint density at radius 2 is 1.81 bits per heavy atom. The van der Waals surface area contributed by atoms with Crippen molar-refractivity contribution >= 4 is 11.7 Å². The van der Waals surface area contributed by atoms with Gasteiger partial charge >= 0.3 is 5.97 Å². The molecule has 0 atom stereocenters. The Kier molecular flexibility index (Phi) is 7.04. The van der Waals surface area contributed by atoms with Gasteiger partial charge in [-0.3, -0.25) is 14.9 Å². The number of carbonyl (C=O) groups excluding carboxylic acids is 1. The van der Waals surface area contributed by atoms with Crippen molar-refractivity contribution < 1.29 is 28.3 Å². The molecule has 2 rings (SSSR count). The lowest BCUT2D eigenvalue weighted by molar-refractivity contribution is -0.385. The van der Waals surface area contributed by atoms with Crippen molar-refractivity contribution in [2.45, 2.75) is 12.8 Å². The maximum Gasteiger partial charge on any atom is 0.311 e. The summed E-state index contributed by atoms with van der Waals surface area (Å²) >= 11 is 0. The van der Waals surface area contributed by atoms with E-state index in [1.54, 1.807) is 0 Å². The number of esters is 1. The summed E-state index contributed by atoms with van der Waals surface area (Å²) in [6.07, 6.45) is 0.0392. The molecule has 0 aliphatic heterocycles. The van der Waals surface area contributed by atoms with Gasteiger partial charge in [-0.15, -0.1) is 0 Å². The second-order valence-electron chi connectivity index (χ2n) is 5.32. The van der Waals surface area contributed by atoms with Crippen molar-refractivity contribution in [2.75, 3.05) is 20.3 Å². The van der Waals surface area contributed by atoms with Crippen molar-refractivity contribution in [3.8, 4) is 11.5 Å². The fourth-order valence-electron chi connectivity index (χ4n) is 2.19. The molecule has 0 spiro atoms. The third kappa shape index (κ3) is 5.82. The molecule has 0 saturated carbocycles. The van der Waals surface area contributed by atoms with Gasteiger partial charge in [-0.05, 0) is 42.8 Å². The molecule has 0 amide bonds. The van der Waals surface area contributed by atoms with Crippen LogP contribution in [0.4, 0.5) is 10.1 Å². The first-order valence-electron chi connectivity index (χ1n) is 7.85. The molecule has 26 heavy (non-hydrogen) atoms. The number of methoxy groups -OCH3 is 1. The third-order valence-electron chi connectivity index (χ3n) is 3.45. The number of halogens is 1. The van der Waals surface area contributed by atoms with E-state index in [2.05, 4.69) is 0 Å². The maximum atomic E-state index is 12.8. The molecule has 2 aromatic carbocycles. The number of carbonyl (C=O) groups is 1. The zero-order chi connectivity index (χ0) is 18.9. The minimum Gasteiger partial charge on any atom is -0.491 e. The summed E-state index contributed by atoms with van der Waals surface area (Å²) in [6.45, 7) is 0.691. The summed E-state index contributed by atoms with van der Waals surface area (Å²) in [5, 5.41) is 11.2. The second kappa shape index (κ2) is 9.47. The van der Waals surface area contributed by atoms with Gasteiger partial charge in [0.1, 0.15) is 23.9 Å². The van der Waals surface area contributed by atoms with E-state index in [0.29, 0.717) is 24.5 Å². The van der Waals surface area contributed by atoms with Gasteiger partial charge < -0.3 is 14.2 Å². The predicted octanol–water partition coefficient (Wildman–Crippen LogP) is 3.30. The Morgan fingerprint density at radius 1 is 1.12 bits per heavy atom. The van der Waals surface area contributed by atoms with Crippen molar-refractivity contribution in [1.82, 2.24) is 0 Å². The van der Waals surface area contributed by atoms with E-state index >= 15 is 0 Å². The van der Waals surface area contributed by atoms with Crippen LogP contribution in [0, 0.1) is 15.9 Å². The minimum absolute atomic E-state index is 0.0697. The lowest BCUT2D eigenvalue weighted by atomic mass is 10.1. The van der Waals surface area contributed by atoms with Crippen LogP contribution in [-0.4, -0.2) is 31.2 Å². The summed E-state index contributed by atoms with van der Waals surface area (Å²) in [4.78, 5) is 22.6. The van der Waals surface area contributed by atoms with Crippen LogP contribution >= 0.6 is 0 Å². The van der Waals surface area contributed by atoms with Crippen molar-refractivity contribution in [3.05, 3.63) is 64.0 Å². The number of rotatable bonds is 9. The van der Waals surface area contributed by atoms with E-state index in [4.69, 9.17) is 14.2 Å². The van der Waals surface area contributed by atoms with E-state index in [1.165, 1.54) is 49.6 Å². The molecule has 0 N–H and O–H groups in total. The summed E-state index contributed by atoms with van der Waals surface area (Å²) in [7, 11) is 1.54. The lowest BCUT2D eigenvalue weighted by Gasteiger charge is -2.09. The Labute approximate surface area is 149 Å². The Bertz CT molecular complexity index is 763. The fraction of sp³-hybridized carbons (Fsp3) is 0.278. The average Bonchev–Trinajstić information content (AvgIpc) is 2.62. The van der Waals surface area contributed by atoms with Gasteiger partial charge in [0, 0.05) is 18.7 Å². The fourth-order valence-corrected chi connectivity index (χ4v) is 2.19. The quantitative estimate of drug-likeness (QED) is 0.223. The molecule has 8 heteroatoms. The molecule has 2 aromatic rings. The Morgan fingerprint density at radius 3 is 2.46 bits per heavy atom. The highest BCUT2D eigenvalue weighted by molar-refractivity contribution is 5.72. The summed E-state index contributed by atoms with van der Waals surface area (Å²) < 4.78 is 28.2. The highest BCUT2D eigenvalue weighted by Gasteiger charge is 2.16. The molecule has 0 saturated heterocycles. The molecule has 0 heterocycles. The molecular weight excluding hydrogens is 345 g/mol. The van der Waals surface area contributed by atoms with Gasteiger partial charge in [0.05, 0.1) is 18.0 Å². The minimum atomic E-state index is -0.573. The first-order valence-corrected chi connectivity index (χ1v) is 7.85. The van der Waals surface area contributed by atoms with E-state index < -0.39 is 16.7 Å². The second-order valence-corrected chi connectivity index (χ2v) is 5.32. The zero-order valence-corrected chi connectivity index (χ0v) is 14.1. The van der Waals surface area contributed by atoms with Crippen LogP contribution in [0.3, 0.4) is 0 Å². The monoisotopic (exact) mass is 363 g/mol. The maximum absolute atomic E-state index is 12.8. The normalized spacial score (nSPS) is 10.4. The number of benzene rings is 2. The molecule has 0 aromatic heterocycles. The van der Waals surface area contributed by atoms with Gasteiger partial charge in [0.25, 0.3) is 5.69 Å². The largest absolute Gasteiger partial charge is 0.491 e.